The molecule has 1 atom stereocenters. The topological polar surface area (TPSA) is 46.9 Å². The molecule has 1 unspecified atom stereocenters. The van der Waals surface area contributed by atoms with Gasteiger partial charge in [-0.3, -0.25) is 9.78 Å². The summed E-state index contributed by atoms with van der Waals surface area (Å²) in [5, 5.41) is 6.27. The van der Waals surface area contributed by atoms with Gasteiger partial charge in [-0.1, -0.05) is 54.6 Å². The van der Waals surface area contributed by atoms with Gasteiger partial charge in [-0.2, -0.15) is 0 Å². The summed E-state index contributed by atoms with van der Waals surface area (Å²) in [6.45, 7) is 0.730. The molecule has 1 aliphatic heterocycles. The van der Waals surface area contributed by atoms with E-state index in [0.29, 0.717) is 5.70 Å². The lowest BCUT2D eigenvalue weighted by Crippen LogP contribution is -2.19. The van der Waals surface area contributed by atoms with E-state index in [2.05, 4.69) is 33.1 Å². The van der Waals surface area contributed by atoms with Gasteiger partial charge in [0.15, 0.2) is 0 Å². The first-order valence-corrected chi connectivity index (χ1v) is 10.4. The number of hydrogen-bond acceptors (Lipinski definition) is 4. The molecule has 0 amide bonds. The molecular formula is C24H19N3OS. The highest BCUT2D eigenvalue weighted by Crippen LogP contribution is 2.35. The number of ketones is 1. The number of rotatable bonds is 5. The predicted molar refractivity (Wildman–Crippen MR) is 118 cm³/mol. The molecule has 0 saturated carbocycles. The normalized spacial score (nSPS) is 15.9. The standard InChI is InChI=1S/C24H19N3OS/c28-23(21-16-29-24(26-21)18-9-6-12-25-13-18)20-15-27(14-17-7-2-1-3-8-17)22-11-5-4-10-19(20)22/h1-13,15-16,24,26H,14H2. The Kier molecular flexibility index (Phi) is 4.66. The Labute approximate surface area is 173 Å². The molecule has 4 aromatic rings. The van der Waals surface area contributed by atoms with Gasteiger partial charge in [-0.15, -0.1) is 11.8 Å². The number of hydrogen-bond donors (Lipinski definition) is 1. The van der Waals surface area contributed by atoms with Gasteiger partial charge in [0, 0.05) is 52.6 Å². The summed E-state index contributed by atoms with van der Waals surface area (Å²) in [7, 11) is 0. The van der Waals surface area contributed by atoms with Crippen LogP contribution in [0.25, 0.3) is 10.9 Å². The number of aromatic nitrogens is 2. The van der Waals surface area contributed by atoms with E-state index in [-0.39, 0.29) is 11.2 Å². The number of carbonyl (C=O) groups is 1. The smallest absolute Gasteiger partial charge is 0.211 e. The second-order valence-electron chi connectivity index (χ2n) is 6.98. The van der Waals surface area contributed by atoms with Crippen molar-refractivity contribution in [2.24, 2.45) is 0 Å². The Balaban J connectivity index is 1.45. The van der Waals surface area contributed by atoms with Crippen LogP contribution in [0.4, 0.5) is 0 Å². The zero-order valence-corrected chi connectivity index (χ0v) is 16.5. The summed E-state index contributed by atoms with van der Waals surface area (Å²) >= 11 is 1.60. The maximum atomic E-state index is 13.3. The van der Waals surface area contributed by atoms with Crippen LogP contribution < -0.4 is 5.32 Å². The largest absolute Gasteiger partial charge is 0.366 e. The lowest BCUT2D eigenvalue weighted by molar-refractivity contribution is 0.102. The Bertz CT molecular complexity index is 1200. The molecule has 0 saturated heterocycles. The second kappa shape index (κ2) is 7.60. The minimum atomic E-state index is 0.0142. The highest BCUT2D eigenvalue weighted by molar-refractivity contribution is 8.02. The molecule has 0 bridgehead atoms. The first-order valence-electron chi connectivity index (χ1n) is 9.48. The van der Waals surface area contributed by atoms with Crippen LogP contribution in [0.5, 0.6) is 0 Å². The fourth-order valence-electron chi connectivity index (χ4n) is 3.64. The number of allylic oxidation sites excluding steroid dienone is 1. The van der Waals surface area contributed by atoms with Crippen LogP contribution in [0.1, 0.15) is 26.9 Å². The molecular weight excluding hydrogens is 378 g/mol. The molecule has 2 aromatic carbocycles. The van der Waals surface area contributed by atoms with E-state index in [1.165, 1.54) is 5.56 Å². The number of fused-ring (bicyclic) bond motifs is 1. The van der Waals surface area contributed by atoms with Crippen molar-refractivity contribution in [1.29, 1.82) is 0 Å². The van der Waals surface area contributed by atoms with Gasteiger partial charge in [-0.25, -0.2) is 0 Å². The summed E-state index contributed by atoms with van der Waals surface area (Å²) in [5.74, 6) is 0.0203. The van der Waals surface area contributed by atoms with Gasteiger partial charge in [0.2, 0.25) is 5.78 Å². The quantitative estimate of drug-likeness (QED) is 0.474. The first kappa shape index (κ1) is 17.8. The van der Waals surface area contributed by atoms with Crippen molar-refractivity contribution in [3.63, 3.8) is 0 Å². The van der Waals surface area contributed by atoms with Crippen molar-refractivity contribution in [2.45, 2.75) is 11.9 Å². The molecule has 1 N–H and O–H groups in total. The van der Waals surface area contributed by atoms with Crippen molar-refractivity contribution in [2.75, 3.05) is 0 Å². The van der Waals surface area contributed by atoms with Crippen LogP contribution in [-0.2, 0) is 6.54 Å². The molecule has 0 aliphatic carbocycles. The third-order valence-corrected chi connectivity index (χ3v) is 6.10. The van der Waals surface area contributed by atoms with Gasteiger partial charge >= 0.3 is 0 Å². The zero-order valence-electron chi connectivity index (χ0n) is 15.7. The molecule has 5 heteroatoms. The number of carbonyl (C=O) groups excluding carboxylic acids is 1. The van der Waals surface area contributed by atoms with Gasteiger partial charge in [0.1, 0.15) is 5.37 Å². The Morgan fingerprint density at radius 2 is 1.86 bits per heavy atom. The van der Waals surface area contributed by atoms with E-state index >= 15 is 0 Å². The van der Waals surface area contributed by atoms with Crippen LogP contribution in [0.2, 0.25) is 0 Å². The average molecular weight is 398 g/mol. The van der Waals surface area contributed by atoms with Crippen molar-refractivity contribution in [3.8, 4) is 0 Å². The van der Waals surface area contributed by atoms with E-state index in [0.717, 1.165) is 28.6 Å². The summed E-state index contributed by atoms with van der Waals surface area (Å²) < 4.78 is 2.15. The summed E-state index contributed by atoms with van der Waals surface area (Å²) in [6, 6.07) is 22.3. The number of thioether (sulfide) groups is 1. The minimum absolute atomic E-state index is 0.0142. The highest BCUT2D eigenvalue weighted by Gasteiger charge is 2.26. The Morgan fingerprint density at radius 3 is 2.69 bits per heavy atom. The number of nitrogens with zero attached hydrogens (tertiary/aromatic N) is 2. The molecule has 4 nitrogen and oxygen atoms in total. The van der Waals surface area contributed by atoms with Crippen molar-refractivity contribution < 1.29 is 4.79 Å². The van der Waals surface area contributed by atoms with Crippen molar-refractivity contribution >= 4 is 28.4 Å². The number of pyridine rings is 1. The Morgan fingerprint density at radius 1 is 1.03 bits per heavy atom. The summed E-state index contributed by atoms with van der Waals surface area (Å²) in [6.07, 6.45) is 5.56. The molecule has 3 heterocycles. The SMILES string of the molecule is O=C(C1=CSC(c2cccnc2)N1)c1cn(Cc2ccccc2)c2ccccc12. The number of Topliss-reactive ketones (excluding diaryl/α,β-unsaturated/α-hetero) is 1. The monoisotopic (exact) mass is 397 g/mol. The van der Waals surface area contributed by atoms with Crippen LogP contribution in [-0.4, -0.2) is 15.3 Å². The molecule has 29 heavy (non-hydrogen) atoms. The van der Waals surface area contributed by atoms with Crippen LogP contribution >= 0.6 is 11.8 Å². The number of nitrogens with one attached hydrogen (secondary N) is 1. The van der Waals surface area contributed by atoms with Crippen LogP contribution in [0, 0.1) is 0 Å². The third-order valence-electron chi connectivity index (χ3n) is 5.07. The van der Waals surface area contributed by atoms with Crippen LogP contribution in [0.3, 0.4) is 0 Å². The lowest BCUT2D eigenvalue weighted by Gasteiger charge is -2.12. The number of para-hydroxylation sites is 1. The van der Waals surface area contributed by atoms with E-state index in [1.54, 1.807) is 18.0 Å². The molecule has 0 spiro atoms. The van der Waals surface area contributed by atoms with Gasteiger partial charge in [0.05, 0.1) is 5.70 Å². The van der Waals surface area contributed by atoms with E-state index < -0.39 is 0 Å². The van der Waals surface area contributed by atoms with E-state index in [4.69, 9.17) is 0 Å². The highest BCUT2D eigenvalue weighted by atomic mass is 32.2. The van der Waals surface area contributed by atoms with Crippen LogP contribution in [0.15, 0.2) is 96.4 Å². The van der Waals surface area contributed by atoms with Gasteiger partial charge in [-0.05, 0) is 17.7 Å². The lowest BCUT2D eigenvalue weighted by atomic mass is 10.1. The molecule has 1 aliphatic rings. The molecule has 5 rings (SSSR count). The van der Waals surface area contributed by atoms with Crippen molar-refractivity contribution in [1.82, 2.24) is 14.9 Å². The van der Waals surface area contributed by atoms with Crippen molar-refractivity contribution in [3.05, 3.63) is 113 Å². The first-order chi connectivity index (χ1) is 14.3. The summed E-state index contributed by atoms with van der Waals surface area (Å²) in [5.41, 5.74) is 4.68. The minimum Gasteiger partial charge on any atom is -0.366 e. The third kappa shape index (κ3) is 3.45. The number of benzene rings is 2. The van der Waals surface area contributed by atoms with Gasteiger partial charge in [0.25, 0.3) is 0 Å². The summed E-state index contributed by atoms with van der Waals surface area (Å²) in [4.78, 5) is 17.5. The Hall–Kier alpha value is -3.31. The molecule has 2 aromatic heterocycles. The molecule has 142 valence electrons. The van der Waals surface area contributed by atoms with E-state index in [1.807, 2.05) is 66.3 Å². The fourth-order valence-corrected chi connectivity index (χ4v) is 4.58. The van der Waals surface area contributed by atoms with Gasteiger partial charge < -0.3 is 9.88 Å². The predicted octanol–water partition coefficient (Wildman–Crippen LogP) is 5.14. The zero-order chi connectivity index (χ0) is 19.6. The molecule has 0 fully saturated rings. The molecule has 0 radical (unpaired) electrons. The average Bonchev–Trinajstić information content (AvgIpc) is 3.41. The maximum Gasteiger partial charge on any atom is 0.211 e. The van der Waals surface area contributed by atoms with E-state index in [9.17, 15) is 4.79 Å². The fraction of sp³-hybridized carbons (Fsp3) is 0.0833. The maximum absolute atomic E-state index is 13.3. The second-order valence-corrected chi connectivity index (χ2v) is 7.96.